The lowest BCUT2D eigenvalue weighted by Crippen LogP contribution is -2.56. The Labute approximate surface area is 216 Å². The molecule has 3 rings (SSSR count). The number of aromatic nitrogens is 2. The number of rotatable bonds is 12. The van der Waals surface area contributed by atoms with Gasteiger partial charge in [0.2, 0.25) is 15.9 Å². The van der Waals surface area contributed by atoms with E-state index in [-0.39, 0.29) is 19.0 Å². The predicted molar refractivity (Wildman–Crippen MR) is 141 cm³/mol. The number of sulfonamides is 1. The summed E-state index contributed by atoms with van der Waals surface area (Å²) in [7, 11) is -3.39. The highest BCUT2D eigenvalue weighted by Gasteiger charge is 2.28. The quantitative estimate of drug-likeness (QED) is 0.278. The van der Waals surface area contributed by atoms with Gasteiger partial charge in [-0.2, -0.15) is 0 Å². The van der Waals surface area contributed by atoms with Gasteiger partial charge in [0.05, 0.1) is 31.3 Å². The number of amides is 2. The van der Waals surface area contributed by atoms with Crippen LogP contribution >= 0.6 is 0 Å². The first kappa shape index (κ1) is 27.8. The first-order chi connectivity index (χ1) is 17.4. The number of carbonyl (C=O) groups is 2. The Morgan fingerprint density at radius 2 is 1.81 bits per heavy atom. The minimum atomic E-state index is -3.39. The zero-order valence-corrected chi connectivity index (χ0v) is 21.8. The fraction of sp³-hybridized carbons (Fsp3) is 0.320. The molecule has 0 bridgehead atoms. The topological polar surface area (TPSA) is 157 Å². The molecule has 1 heterocycles. The summed E-state index contributed by atoms with van der Waals surface area (Å²) in [5, 5.41) is 5.34. The van der Waals surface area contributed by atoms with Crippen molar-refractivity contribution < 1.29 is 22.7 Å². The van der Waals surface area contributed by atoms with Gasteiger partial charge >= 0.3 is 0 Å². The van der Waals surface area contributed by atoms with Crippen molar-refractivity contribution in [2.24, 2.45) is 5.73 Å². The van der Waals surface area contributed by atoms with Gasteiger partial charge < -0.3 is 25.7 Å². The van der Waals surface area contributed by atoms with Crippen LogP contribution in [0.15, 0.2) is 67.1 Å². The summed E-state index contributed by atoms with van der Waals surface area (Å²) in [4.78, 5) is 29.7. The molecule has 12 heteroatoms. The summed E-state index contributed by atoms with van der Waals surface area (Å²) in [6, 6.07) is 15.4. The highest BCUT2D eigenvalue weighted by molar-refractivity contribution is 7.92. The average Bonchev–Trinajstić information content (AvgIpc) is 3.24. The summed E-state index contributed by atoms with van der Waals surface area (Å²) in [6.45, 7) is 3.69. The number of nitrogens with two attached hydrogens (primary N) is 1. The van der Waals surface area contributed by atoms with E-state index in [4.69, 9.17) is 10.5 Å². The Morgan fingerprint density at radius 1 is 1.11 bits per heavy atom. The molecular formula is C25H32N6O5S. The van der Waals surface area contributed by atoms with E-state index in [0.29, 0.717) is 12.2 Å². The molecule has 1 atom stereocenters. The lowest BCUT2D eigenvalue weighted by atomic mass is 10.1. The fourth-order valence-corrected chi connectivity index (χ4v) is 3.83. The van der Waals surface area contributed by atoms with Crippen molar-refractivity contribution in [3.8, 4) is 0 Å². The van der Waals surface area contributed by atoms with E-state index in [9.17, 15) is 18.0 Å². The van der Waals surface area contributed by atoms with Crippen molar-refractivity contribution in [2.75, 3.05) is 22.9 Å². The average molecular weight is 529 g/mol. The van der Waals surface area contributed by atoms with Gasteiger partial charge in [0.15, 0.2) is 5.82 Å². The molecule has 0 unspecified atom stereocenters. The van der Waals surface area contributed by atoms with Gasteiger partial charge in [-0.3, -0.25) is 14.3 Å². The van der Waals surface area contributed by atoms with Gasteiger partial charge in [0.1, 0.15) is 6.04 Å². The van der Waals surface area contributed by atoms with E-state index in [1.807, 2.05) is 36.4 Å². The molecule has 11 nitrogen and oxygen atoms in total. The van der Waals surface area contributed by atoms with Crippen LogP contribution in [0.3, 0.4) is 0 Å². The summed E-state index contributed by atoms with van der Waals surface area (Å²) >= 11 is 0. The molecule has 0 spiro atoms. The highest BCUT2D eigenvalue weighted by Crippen LogP contribution is 2.14. The van der Waals surface area contributed by atoms with Crippen molar-refractivity contribution in [1.29, 1.82) is 0 Å². The Morgan fingerprint density at radius 3 is 2.49 bits per heavy atom. The number of benzene rings is 2. The van der Waals surface area contributed by atoms with Crippen LogP contribution in [0, 0.1) is 0 Å². The number of nitrogens with one attached hydrogen (secondary N) is 3. The van der Waals surface area contributed by atoms with Crippen LogP contribution in [-0.4, -0.2) is 54.2 Å². The van der Waals surface area contributed by atoms with Crippen LogP contribution in [0.4, 0.5) is 11.5 Å². The summed E-state index contributed by atoms with van der Waals surface area (Å²) in [5.41, 5.74) is 6.91. The normalized spacial score (nSPS) is 12.5. The molecule has 0 aliphatic rings. The van der Waals surface area contributed by atoms with Crippen LogP contribution in [0.2, 0.25) is 0 Å². The summed E-state index contributed by atoms with van der Waals surface area (Å²) in [6.07, 6.45) is 4.25. The molecule has 37 heavy (non-hydrogen) atoms. The van der Waals surface area contributed by atoms with Crippen molar-refractivity contribution in [1.82, 2.24) is 14.9 Å². The van der Waals surface area contributed by atoms with Crippen LogP contribution in [0.1, 0.15) is 25.0 Å². The molecule has 1 aromatic heterocycles. The standard InChI is InChI=1S/C25H32N6O5S/c1-25(2,26)24(33)28-21(16-36-15-18-8-5-4-6-9-18)23(32)29-22-14-31(17-27-22)13-19-10-7-11-20(12-19)30-37(3,34)35/h4-12,14,17,21,30H,13,15-16,26H2,1-3H3,(H,28,33)(H,29,32)/t21-/m1/s1. The molecular weight excluding hydrogens is 496 g/mol. The van der Waals surface area contributed by atoms with Gasteiger partial charge in [-0.15, -0.1) is 0 Å². The highest BCUT2D eigenvalue weighted by atomic mass is 32.2. The lowest BCUT2D eigenvalue weighted by Gasteiger charge is -2.23. The molecule has 3 aromatic rings. The van der Waals surface area contributed by atoms with E-state index in [2.05, 4.69) is 20.3 Å². The van der Waals surface area contributed by atoms with Gasteiger partial charge in [0, 0.05) is 18.4 Å². The van der Waals surface area contributed by atoms with Crippen LogP contribution in [0.25, 0.3) is 0 Å². The van der Waals surface area contributed by atoms with Gasteiger partial charge in [-0.25, -0.2) is 13.4 Å². The van der Waals surface area contributed by atoms with Crippen LogP contribution in [-0.2, 0) is 37.5 Å². The number of nitrogens with zero attached hydrogens (tertiary/aromatic N) is 2. The second kappa shape index (κ2) is 12.0. The van der Waals surface area contributed by atoms with Gasteiger partial charge in [-0.1, -0.05) is 42.5 Å². The molecule has 0 saturated heterocycles. The summed E-state index contributed by atoms with van der Waals surface area (Å²) in [5.74, 6) is -0.718. The number of imidazole rings is 1. The zero-order valence-electron chi connectivity index (χ0n) is 21.0. The number of carbonyl (C=O) groups excluding carboxylic acids is 2. The minimum absolute atomic E-state index is 0.0661. The number of anilines is 2. The molecule has 0 aliphatic heterocycles. The molecule has 0 radical (unpaired) electrons. The Bertz CT molecular complexity index is 1320. The molecule has 2 amide bonds. The molecule has 2 aromatic carbocycles. The number of hydrogen-bond donors (Lipinski definition) is 4. The van der Waals surface area contributed by atoms with E-state index in [0.717, 1.165) is 17.4 Å². The second-order valence-corrected chi connectivity index (χ2v) is 11.0. The maximum Gasteiger partial charge on any atom is 0.250 e. The smallest absolute Gasteiger partial charge is 0.250 e. The third-order valence-corrected chi connectivity index (χ3v) is 5.69. The van der Waals surface area contributed by atoms with E-state index < -0.39 is 33.4 Å². The third kappa shape index (κ3) is 9.33. The number of hydrogen-bond acceptors (Lipinski definition) is 7. The first-order valence-corrected chi connectivity index (χ1v) is 13.4. The molecule has 5 N–H and O–H groups in total. The number of ether oxygens (including phenoxy) is 1. The Kier molecular flexibility index (Phi) is 9.03. The second-order valence-electron chi connectivity index (χ2n) is 9.24. The van der Waals surface area contributed by atoms with Crippen molar-refractivity contribution in [3.63, 3.8) is 0 Å². The van der Waals surface area contributed by atoms with Crippen LogP contribution < -0.4 is 21.1 Å². The minimum Gasteiger partial charge on any atom is -0.374 e. The van der Waals surface area contributed by atoms with E-state index in [1.54, 1.807) is 42.8 Å². The Hall–Kier alpha value is -3.74. The largest absolute Gasteiger partial charge is 0.374 e. The maximum absolute atomic E-state index is 13.0. The van der Waals surface area contributed by atoms with Crippen molar-refractivity contribution >= 4 is 33.3 Å². The van der Waals surface area contributed by atoms with Gasteiger partial charge in [-0.05, 0) is 37.1 Å². The molecule has 198 valence electrons. The fourth-order valence-electron chi connectivity index (χ4n) is 3.28. The van der Waals surface area contributed by atoms with Gasteiger partial charge in [0.25, 0.3) is 5.91 Å². The molecule has 0 fully saturated rings. The maximum atomic E-state index is 13.0. The van der Waals surface area contributed by atoms with Crippen molar-refractivity contribution in [2.45, 2.75) is 38.6 Å². The third-order valence-electron chi connectivity index (χ3n) is 5.08. The van der Waals surface area contributed by atoms with Crippen molar-refractivity contribution in [3.05, 3.63) is 78.2 Å². The lowest BCUT2D eigenvalue weighted by molar-refractivity contribution is -0.130. The SMILES string of the molecule is CC(C)(N)C(=O)N[C@H](COCc1ccccc1)C(=O)Nc1cn(Cc2cccc(NS(C)(=O)=O)c2)cn1. The first-order valence-electron chi connectivity index (χ1n) is 11.5. The zero-order chi connectivity index (χ0) is 27.1. The molecule has 0 saturated carbocycles. The predicted octanol–water partition coefficient (Wildman–Crippen LogP) is 1.68. The van der Waals surface area contributed by atoms with E-state index >= 15 is 0 Å². The monoisotopic (exact) mass is 528 g/mol. The Balaban J connectivity index is 1.64. The van der Waals surface area contributed by atoms with E-state index in [1.165, 1.54) is 6.33 Å². The molecule has 0 aliphatic carbocycles. The van der Waals surface area contributed by atoms with Crippen LogP contribution in [0.5, 0.6) is 0 Å². The summed E-state index contributed by atoms with van der Waals surface area (Å²) < 4.78 is 32.8.